The Balaban J connectivity index is 2.29. The summed E-state index contributed by atoms with van der Waals surface area (Å²) in [6.07, 6.45) is 3.14. The van der Waals surface area contributed by atoms with Gasteiger partial charge < -0.3 is 15.0 Å². The van der Waals surface area contributed by atoms with E-state index in [9.17, 15) is 4.79 Å². The van der Waals surface area contributed by atoms with Crippen LogP contribution in [0.2, 0.25) is 0 Å². The molecule has 0 bridgehead atoms. The van der Waals surface area contributed by atoms with E-state index >= 15 is 0 Å². The summed E-state index contributed by atoms with van der Waals surface area (Å²) in [6, 6.07) is 7.77. The molecule has 1 heterocycles. The Kier molecular flexibility index (Phi) is 3.44. The molecule has 0 spiro atoms. The maximum Gasteiger partial charge on any atom is 0.250 e. The highest BCUT2D eigenvalue weighted by molar-refractivity contribution is 5.94. The van der Waals surface area contributed by atoms with E-state index < -0.39 is 12.5 Å². The molecule has 0 saturated carbocycles. The van der Waals surface area contributed by atoms with Crippen molar-refractivity contribution in [3.05, 3.63) is 30.5 Å². The van der Waals surface area contributed by atoms with E-state index in [2.05, 4.69) is 16.8 Å². The van der Waals surface area contributed by atoms with Crippen LogP contribution in [0.1, 0.15) is 13.3 Å². The van der Waals surface area contributed by atoms with Crippen LogP contribution in [0.4, 0.5) is 5.69 Å². The molecule has 90 valence electrons. The monoisotopic (exact) mass is 232 g/mol. The summed E-state index contributed by atoms with van der Waals surface area (Å²) in [5.74, 6) is -0.391. The number of fused-ring (bicyclic) bond motifs is 1. The van der Waals surface area contributed by atoms with Crippen molar-refractivity contribution in [2.45, 2.75) is 19.9 Å². The van der Waals surface area contributed by atoms with Crippen molar-refractivity contribution in [1.82, 2.24) is 4.57 Å². The summed E-state index contributed by atoms with van der Waals surface area (Å²) < 4.78 is 2.19. The average molecular weight is 232 g/mol. The zero-order valence-corrected chi connectivity index (χ0v) is 9.81. The third kappa shape index (κ3) is 2.47. The van der Waals surface area contributed by atoms with Gasteiger partial charge in [-0.3, -0.25) is 4.79 Å². The number of carbonyl (C=O) groups is 1. The molecule has 2 rings (SSSR count). The lowest BCUT2D eigenvalue weighted by Gasteiger charge is -2.05. The van der Waals surface area contributed by atoms with Crippen molar-refractivity contribution in [2.75, 3.05) is 11.9 Å². The first-order chi connectivity index (χ1) is 8.24. The van der Waals surface area contributed by atoms with Gasteiger partial charge in [0.2, 0.25) is 5.91 Å². The number of anilines is 1. The average Bonchev–Trinajstić information content (AvgIpc) is 2.72. The Labute approximate surface area is 99.9 Å². The number of aliphatic hydroxyl groups is 1. The fraction of sp³-hybridized carbons (Fsp3) is 0.308. The molecule has 17 heavy (non-hydrogen) atoms. The second kappa shape index (κ2) is 5.01. The summed E-state index contributed by atoms with van der Waals surface area (Å²) in [6.45, 7) is 2.64. The minimum Gasteiger partial charge on any atom is -0.387 e. The van der Waals surface area contributed by atoms with Crippen LogP contribution in [0.25, 0.3) is 10.9 Å². The molecule has 0 atom stereocenters. The summed E-state index contributed by atoms with van der Waals surface area (Å²) >= 11 is 0. The molecule has 0 unspecified atom stereocenters. The minimum absolute atomic E-state index is 0.391. The largest absolute Gasteiger partial charge is 0.387 e. The molecule has 4 nitrogen and oxygen atoms in total. The van der Waals surface area contributed by atoms with Crippen molar-refractivity contribution < 1.29 is 9.90 Å². The first-order valence-corrected chi connectivity index (χ1v) is 5.74. The molecule has 1 amide bonds. The molecule has 0 fully saturated rings. The van der Waals surface area contributed by atoms with Crippen molar-refractivity contribution in [3.8, 4) is 0 Å². The molecule has 2 N–H and O–H groups in total. The van der Waals surface area contributed by atoms with Crippen molar-refractivity contribution >= 4 is 22.5 Å². The van der Waals surface area contributed by atoms with Crippen molar-refractivity contribution in [1.29, 1.82) is 0 Å². The third-order valence-corrected chi connectivity index (χ3v) is 2.66. The molecule has 2 aromatic rings. The number of hydrogen-bond acceptors (Lipinski definition) is 2. The zero-order chi connectivity index (χ0) is 12.3. The lowest BCUT2D eigenvalue weighted by Crippen LogP contribution is -2.15. The van der Waals surface area contributed by atoms with Gasteiger partial charge in [-0.2, -0.15) is 0 Å². The number of nitrogens with zero attached hydrogens (tertiary/aromatic N) is 1. The van der Waals surface area contributed by atoms with Gasteiger partial charge in [0.1, 0.15) is 6.61 Å². The lowest BCUT2D eigenvalue weighted by atomic mass is 10.2. The molecular formula is C13H16N2O2. The van der Waals surface area contributed by atoms with E-state index in [1.807, 2.05) is 30.5 Å². The molecule has 0 saturated heterocycles. The molecule has 0 aliphatic heterocycles. The topological polar surface area (TPSA) is 54.3 Å². The standard InChI is InChI=1S/C13H16N2O2/c1-2-6-15-7-5-10-8-11(3-4-12(10)15)14-13(17)9-16/h3-5,7-8,16H,2,6,9H2,1H3,(H,14,17). The van der Waals surface area contributed by atoms with Crippen LogP contribution in [0.15, 0.2) is 30.5 Å². The van der Waals surface area contributed by atoms with Crippen LogP contribution in [-0.4, -0.2) is 22.2 Å². The number of benzene rings is 1. The smallest absolute Gasteiger partial charge is 0.250 e. The van der Waals surface area contributed by atoms with Gasteiger partial charge in [0.15, 0.2) is 0 Å². The van der Waals surface area contributed by atoms with Gasteiger partial charge in [0.05, 0.1) is 0 Å². The number of aromatic nitrogens is 1. The van der Waals surface area contributed by atoms with E-state index in [-0.39, 0.29) is 0 Å². The highest BCUT2D eigenvalue weighted by Crippen LogP contribution is 2.20. The zero-order valence-electron chi connectivity index (χ0n) is 9.81. The van der Waals surface area contributed by atoms with Gasteiger partial charge in [0, 0.05) is 29.3 Å². The predicted molar refractivity (Wildman–Crippen MR) is 67.9 cm³/mol. The summed E-state index contributed by atoms with van der Waals surface area (Å²) in [7, 11) is 0. The van der Waals surface area contributed by atoms with E-state index in [1.54, 1.807) is 0 Å². The fourth-order valence-electron chi connectivity index (χ4n) is 1.91. The summed E-state index contributed by atoms with van der Waals surface area (Å²) in [5.41, 5.74) is 1.87. The third-order valence-electron chi connectivity index (χ3n) is 2.66. The first-order valence-electron chi connectivity index (χ1n) is 5.74. The number of carbonyl (C=O) groups excluding carboxylic acids is 1. The van der Waals surface area contributed by atoms with Crippen molar-refractivity contribution in [2.24, 2.45) is 0 Å². The molecule has 0 radical (unpaired) electrons. The van der Waals surface area contributed by atoms with Gasteiger partial charge in [-0.05, 0) is 30.7 Å². The van der Waals surface area contributed by atoms with E-state index in [4.69, 9.17) is 5.11 Å². The highest BCUT2D eigenvalue weighted by atomic mass is 16.3. The van der Waals surface area contributed by atoms with Gasteiger partial charge in [0.25, 0.3) is 0 Å². The second-order valence-electron chi connectivity index (χ2n) is 3.99. The SMILES string of the molecule is CCCn1ccc2cc(NC(=O)CO)ccc21. The maximum absolute atomic E-state index is 11.1. The highest BCUT2D eigenvalue weighted by Gasteiger charge is 2.03. The molecule has 0 aliphatic carbocycles. The van der Waals surface area contributed by atoms with Gasteiger partial charge in [-0.1, -0.05) is 6.92 Å². The van der Waals surface area contributed by atoms with E-state index in [1.165, 1.54) is 0 Å². The van der Waals surface area contributed by atoms with Crippen molar-refractivity contribution in [3.63, 3.8) is 0 Å². The quantitative estimate of drug-likeness (QED) is 0.847. The van der Waals surface area contributed by atoms with Gasteiger partial charge >= 0.3 is 0 Å². The molecule has 4 heteroatoms. The normalized spacial score (nSPS) is 10.7. The summed E-state index contributed by atoms with van der Waals surface area (Å²) in [5, 5.41) is 12.4. The lowest BCUT2D eigenvalue weighted by molar-refractivity contribution is -0.118. The minimum atomic E-state index is -0.491. The molecule has 0 aliphatic rings. The molecule has 1 aromatic carbocycles. The number of aliphatic hydroxyl groups excluding tert-OH is 1. The fourth-order valence-corrected chi connectivity index (χ4v) is 1.91. The number of aryl methyl sites for hydroxylation is 1. The second-order valence-corrected chi connectivity index (χ2v) is 3.99. The first kappa shape index (κ1) is 11.7. The number of nitrogens with one attached hydrogen (secondary N) is 1. The predicted octanol–water partition coefficient (Wildman–Crippen LogP) is 1.98. The van der Waals surface area contributed by atoms with E-state index in [0.717, 1.165) is 23.9 Å². The Morgan fingerprint density at radius 2 is 2.24 bits per heavy atom. The van der Waals surface area contributed by atoms with E-state index in [0.29, 0.717) is 5.69 Å². The Morgan fingerprint density at radius 3 is 2.94 bits per heavy atom. The van der Waals surface area contributed by atoms with Crippen LogP contribution in [-0.2, 0) is 11.3 Å². The number of rotatable bonds is 4. The summed E-state index contributed by atoms with van der Waals surface area (Å²) in [4.78, 5) is 11.1. The molecule has 1 aromatic heterocycles. The molecular weight excluding hydrogens is 216 g/mol. The maximum atomic E-state index is 11.1. The van der Waals surface area contributed by atoms with Gasteiger partial charge in [-0.15, -0.1) is 0 Å². The number of amides is 1. The van der Waals surface area contributed by atoms with Crippen LogP contribution in [0.3, 0.4) is 0 Å². The van der Waals surface area contributed by atoms with Gasteiger partial charge in [-0.25, -0.2) is 0 Å². The van der Waals surface area contributed by atoms with Crippen LogP contribution in [0.5, 0.6) is 0 Å². The Bertz CT molecular complexity index is 531. The van der Waals surface area contributed by atoms with Crippen LogP contribution < -0.4 is 5.32 Å². The Morgan fingerprint density at radius 1 is 1.41 bits per heavy atom. The Hall–Kier alpha value is -1.81. The van der Waals surface area contributed by atoms with Crippen LogP contribution >= 0.6 is 0 Å². The van der Waals surface area contributed by atoms with Crippen LogP contribution in [0, 0.1) is 0 Å². The number of hydrogen-bond donors (Lipinski definition) is 2.